The summed E-state index contributed by atoms with van der Waals surface area (Å²) >= 11 is 10.2. The Bertz CT molecular complexity index is 2400. The number of halogens is 1. The Morgan fingerprint density at radius 3 is 1.62 bits per heavy atom. The molecule has 0 aliphatic rings. The minimum absolute atomic E-state index is 0.288. The number of benzene rings is 5. The third kappa shape index (κ3) is 8.35. The molecule has 5 nitrogen and oxygen atoms in total. The van der Waals surface area contributed by atoms with E-state index in [1.165, 1.54) is 19.2 Å². The Hall–Kier alpha value is -3.45. The molecule has 0 fully saturated rings. The molecule has 8 aromatic rings. The van der Waals surface area contributed by atoms with E-state index in [1.54, 1.807) is 88.2 Å². The van der Waals surface area contributed by atoms with Gasteiger partial charge >= 0.3 is 0 Å². The molecule has 0 N–H and O–H groups in total. The molecule has 0 aliphatic heterocycles. The first-order chi connectivity index (χ1) is 22.6. The second-order valence-electron chi connectivity index (χ2n) is 10.3. The van der Waals surface area contributed by atoms with Crippen molar-refractivity contribution in [2.75, 3.05) is 0 Å². The summed E-state index contributed by atoms with van der Waals surface area (Å²) in [6.45, 7) is 5.99. The predicted octanol–water partition coefficient (Wildman–Crippen LogP) is 11.6. The standard InChI is InChI=1S/C14H11NO2S2.C14H11NS2.C8H6BrNS/c1-10-15-13-9-12(7-8-14(13)18-10)19(16,17)11-5-3-2-4-6-11;1-10-15-13-9-12(7-8-14(13)16-10)17-11-5-3-2-4-6-11;1-5-10-7-4-6(9)2-3-8(7)11-5/h2-9H,1H3;2-9H,1H3;2-4H,1H3. The summed E-state index contributed by atoms with van der Waals surface area (Å²) in [5.74, 6) is 0. The molecular weight excluding hydrogens is 747 g/mol. The molecule has 3 heterocycles. The SMILES string of the molecule is Cc1nc2cc(Br)ccc2s1.Cc1nc2cc(S(=O)(=O)c3ccccc3)ccc2s1.Cc1nc2cc(Sc3ccccc3)ccc2s1. The fourth-order valence-electron chi connectivity index (χ4n) is 4.65. The molecule has 236 valence electrons. The van der Waals surface area contributed by atoms with Crippen molar-refractivity contribution in [2.24, 2.45) is 0 Å². The van der Waals surface area contributed by atoms with Gasteiger partial charge in [0.15, 0.2) is 0 Å². The number of fused-ring (bicyclic) bond motifs is 3. The maximum absolute atomic E-state index is 12.5. The Balaban J connectivity index is 0.000000128. The topological polar surface area (TPSA) is 72.8 Å². The molecule has 11 heteroatoms. The number of rotatable bonds is 4. The highest BCUT2D eigenvalue weighted by molar-refractivity contribution is 9.10. The van der Waals surface area contributed by atoms with E-state index in [2.05, 4.69) is 86.3 Å². The molecule has 3 aromatic heterocycles. The largest absolute Gasteiger partial charge is 0.241 e. The van der Waals surface area contributed by atoms with E-state index in [0.717, 1.165) is 40.7 Å². The maximum Gasteiger partial charge on any atom is 0.206 e. The lowest BCUT2D eigenvalue weighted by Gasteiger charge is -2.03. The summed E-state index contributed by atoms with van der Waals surface area (Å²) in [7, 11) is -3.46. The van der Waals surface area contributed by atoms with Crippen LogP contribution in [0.3, 0.4) is 0 Å². The molecule has 5 aromatic carbocycles. The van der Waals surface area contributed by atoms with Crippen LogP contribution in [0.2, 0.25) is 0 Å². The van der Waals surface area contributed by atoms with Gasteiger partial charge in [0.05, 0.1) is 55.5 Å². The van der Waals surface area contributed by atoms with Crippen LogP contribution in [0.5, 0.6) is 0 Å². The summed E-state index contributed by atoms with van der Waals surface area (Å²) in [5.41, 5.74) is 2.93. The van der Waals surface area contributed by atoms with E-state index in [9.17, 15) is 8.42 Å². The molecule has 0 amide bonds. The number of nitrogens with zero attached hydrogens (tertiary/aromatic N) is 3. The van der Waals surface area contributed by atoms with Gasteiger partial charge in [-0.1, -0.05) is 64.1 Å². The van der Waals surface area contributed by atoms with Crippen molar-refractivity contribution in [1.82, 2.24) is 15.0 Å². The smallest absolute Gasteiger partial charge is 0.206 e. The van der Waals surface area contributed by atoms with Gasteiger partial charge in [0, 0.05) is 14.3 Å². The quantitative estimate of drug-likeness (QED) is 0.177. The lowest BCUT2D eigenvalue weighted by atomic mass is 10.3. The van der Waals surface area contributed by atoms with Gasteiger partial charge in [0.25, 0.3) is 0 Å². The molecule has 8 rings (SSSR count). The second-order valence-corrected chi connectivity index (χ2v) is 18.0. The van der Waals surface area contributed by atoms with E-state index >= 15 is 0 Å². The molecule has 0 aliphatic carbocycles. The summed E-state index contributed by atoms with van der Waals surface area (Å²) < 4.78 is 29.5. The highest BCUT2D eigenvalue weighted by Crippen LogP contribution is 2.32. The van der Waals surface area contributed by atoms with Crippen LogP contribution in [0, 0.1) is 20.8 Å². The Morgan fingerprint density at radius 2 is 1.02 bits per heavy atom. The van der Waals surface area contributed by atoms with Crippen molar-refractivity contribution in [2.45, 2.75) is 40.4 Å². The average molecular weight is 775 g/mol. The molecule has 0 bridgehead atoms. The molecule has 0 saturated heterocycles. The summed E-state index contributed by atoms with van der Waals surface area (Å²) in [4.78, 5) is 16.3. The van der Waals surface area contributed by atoms with Crippen molar-refractivity contribution in [1.29, 1.82) is 0 Å². The molecule has 0 saturated carbocycles. The predicted molar refractivity (Wildman–Crippen MR) is 203 cm³/mol. The molecule has 0 radical (unpaired) electrons. The summed E-state index contributed by atoms with van der Waals surface area (Å²) in [5, 5.41) is 3.18. The normalized spacial score (nSPS) is 11.2. The molecular formula is C36H28BrN3O2S5. The highest BCUT2D eigenvalue weighted by atomic mass is 79.9. The summed E-state index contributed by atoms with van der Waals surface area (Å²) in [6.07, 6.45) is 0. The van der Waals surface area contributed by atoms with Gasteiger partial charge in [0.1, 0.15) is 0 Å². The van der Waals surface area contributed by atoms with Crippen LogP contribution < -0.4 is 0 Å². The lowest BCUT2D eigenvalue weighted by Crippen LogP contribution is -2.01. The highest BCUT2D eigenvalue weighted by Gasteiger charge is 2.18. The summed E-state index contributed by atoms with van der Waals surface area (Å²) in [6, 6.07) is 36.6. The monoisotopic (exact) mass is 773 g/mol. The molecule has 0 atom stereocenters. The van der Waals surface area contributed by atoms with Crippen LogP contribution in [-0.4, -0.2) is 23.4 Å². The number of aromatic nitrogens is 3. The van der Waals surface area contributed by atoms with Crippen molar-refractivity contribution in [3.8, 4) is 0 Å². The first-order valence-corrected chi connectivity index (χ1v) is 20.0. The third-order valence-electron chi connectivity index (χ3n) is 6.73. The van der Waals surface area contributed by atoms with E-state index in [4.69, 9.17) is 0 Å². The van der Waals surface area contributed by atoms with Crippen LogP contribution >= 0.6 is 61.7 Å². The Labute approximate surface area is 298 Å². The average Bonchev–Trinajstić information content (AvgIpc) is 3.75. The molecule has 0 unspecified atom stereocenters. The second kappa shape index (κ2) is 14.8. The number of sulfone groups is 1. The van der Waals surface area contributed by atoms with E-state index < -0.39 is 9.84 Å². The first-order valence-electron chi connectivity index (χ1n) is 14.4. The van der Waals surface area contributed by atoms with E-state index in [0.29, 0.717) is 4.90 Å². The van der Waals surface area contributed by atoms with Gasteiger partial charge in [-0.2, -0.15) is 0 Å². The van der Waals surface area contributed by atoms with Crippen molar-refractivity contribution in [3.63, 3.8) is 0 Å². The lowest BCUT2D eigenvalue weighted by molar-refractivity contribution is 0.596. The van der Waals surface area contributed by atoms with Gasteiger partial charge in [-0.05, 0) is 99.6 Å². The number of aryl methyl sites for hydroxylation is 3. The Morgan fingerprint density at radius 1 is 0.532 bits per heavy atom. The molecule has 0 spiro atoms. The van der Waals surface area contributed by atoms with Crippen LogP contribution in [-0.2, 0) is 9.84 Å². The van der Waals surface area contributed by atoms with Gasteiger partial charge in [-0.3, -0.25) is 0 Å². The zero-order valence-corrected chi connectivity index (χ0v) is 31.2. The van der Waals surface area contributed by atoms with Crippen LogP contribution in [0.25, 0.3) is 30.6 Å². The minimum Gasteiger partial charge on any atom is -0.241 e. The Kier molecular flexibility index (Phi) is 10.5. The number of hydrogen-bond acceptors (Lipinski definition) is 9. The van der Waals surface area contributed by atoms with Crippen molar-refractivity contribution < 1.29 is 8.42 Å². The number of thiazole rings is 3. The van der Waals surface area contributed by atoms with Gasteiger partial charge < -0.3 is 0 Å². The van der Waals surface area contributed by atoms with Crippen molar-refractivity contribution in [3.05, 3.63) is 135 Å². The fraction of sp³-hybridized carbons (Fsp3) is 0.0833. The number of hydrogen-bond donors (Lipinski definition) is 0. The van der Waals surface area contributed by atoms with Gasteiger partial charge in [0.2, 0.25) is 9.84 Å². The fourth-order valence-corrected chi connectivity index (χ4v) is 9.60. The van der Waals surface area contributed by atoms with E-state index in [1.807, 2.05) is 38.1 Å². The van der Waals surface area contributed by atoms with Gasteiger partial charge in [-0.25, -0.2) is 23.4 Å². The third-order valence-corrected chi connectivity index (χ3v) is 12.8. The first kappa shape index (κ1) is 33.5. The molecule has 47 heavy (non-hydrogen) atoms. The minimum atomic E-state index is -3.46. The van der Waals surface area contributed by atoms with Crippen LogP contribution in [0.15, 0.2) is 139 Å². The maximum atomic E-state index is 12.5. The van der Waals surface area contributed by atoms with Gasteiger partial charge in [-0.15, -0.1) is 34.0 Å². The van der Waals surface area contributed by atoms with Crippen molar-refractivity contribution >= 4 is 102 Å². The van der Waals surface area contributed by atoms with Crippen LogP contribution in [0.4, 0.5) is 0 Å². The zero-order chi connectivity index (χ0) is 33.0. The van der Waals surface area contributed by atoms with Crippen LogP contribution in [0.1, 0.15) is 15.0 Å². The zero-order valence-electron chi connectivity index (χ0n) is 25.5. The van der Waals surface area contributed by atoms with E-state index in [-0.39, 0.29) is 4.90 Å².